The van der Waals surface area contributed by atoms with E-state index in [1.54, 1.807) is 6.07 Å². The van der Waals surface area contributed by atoms with Crippen LogP contribution in [0.1, 0.15) is 48.0 Å². The maximum atomic E-state index is 12.8. The van der Waals surface area contributed by atoms with Crippen molar-refractivity contribution in [3.63, 3.8) is 0 Å². The van der Waals surface area contributed by atoms with Gasteiger partial charge in [-0.3, -0.25) is 9.59 Å². The van der Waals surface area contributed by atoms with Crippen LogP contribution in [0, 0.1) is 12.3 Å². The predicted molar refractivity (Wildman–Crippen MR) is 73.0 cm³/mol. The van der Waals surface area contributed by atoms with Gasteiger partial charge >= 0.3 is 5.97 Å². The quantitative estimate of drug-likeness (QED) is 0.476. The van der Waals surface area contributed by atoms with Crippen LogP contribution in [0.5, 0.6) is 0 Å². The molecule has 0 heterocycles. The van der Waals surface area contributed by atoms with Crippen LogP contribution in [0.2, 0.25) is 0 Å². The normalized spacial score (nSPS) is 17.8. The van der Waals surface area contributed by atoms with E-state index in [1.165, 1.54) is 7.11 Å². The van der Waals surface area contributed by atoms with Crippen LogP contribution in [0.3, 0.4) is 0 Å². The van der Waals surface area contributed by atoms with Gasteiger partial charge in [0.15, 0.2) is 5.78 Å². The predicted octanol–water partition coefficient (Wildman–Crippen LogP) is 3.30. The van der Waals surface area contributed by atoms with E-state index >= 15 is 0 Å². The summed E-state index contributed by atoms with van der Waals surface area (Å²) < 4.78 is 4.92. The van der Waals surface area contributed by atoms with Crippen LogP contribution < -0.4 is 0 Å². The molecule has 3 nitrogen and oxygen atoms in total. The lowest BCUT2D eigenvalue weighted by molar-refractivity contribution is -0.151. The summed E-state index contributed by atoms with van der Waals surface area (Å²) in [6.45, 7) is 1.90. The number of ketones is 1. The molecule has 0 amide bonds. The molecule has 3 heteroatoms. The van der Waals surface area contributed by atoms with E-state index in [1.807, 2.05) is 25.1 Å². The summed E-state index contributed by atoms with van der Waals surface area (Å²) in [5.41, 5.74) is 0.607. The highest BCUT2D eigenvalue weighted by Gasteiger charge is 2.47. The smallest absolute Gasteiger partial charge is 0.319 e. The van der Waals surface area contributed by atoms with Crippen molar-refractivity contribution in [3.05, 3.63) is 35.4 Å². The summed E-state index contributed by atoms with van der Waals surface area (Å²) in [7, 11) is 1.36. The van der Waals surface area contributed by atoms with E-state index in [0.717, 1.165) is 24.8 Å². The molecule has 1 aromatic carbocycles. The molecule has 0 atom stereocenters. The van der Waals surface area contributed by atoms with Gasteiger partial charge in [0.1, 0.15) is 5.41 Å². The highest BCUT2D eigenvalue weighted by Crippen LogP contribution is 2.40. The number of esters is 1. The average molecular weight is 260 g/mol. The monoisotopic (exact) mass is 260 g/mol. The first kappa shape index (κ1) is 13.8. The van der Waals surface area contributed by atoms with Gasteiger partial charge in [0.25, 0.3) is 0 Å². The van der Waals surface area contributed by atoms with E-state index in [9.17, 15) is 9.59 Å². The molecular weight excluding hydrogens is 240 g/mol. The molecular formula is C16H20O3. The van der Waals surface area contributed by atoms with Crippen molar-refractivity contribution in [2.45, 2.75) is 39.0 Å². The summed E-state index contributed by atoms with van der Waals surface area (Å²) in [6.07, 6.45) is 4.11. The van der Waals surface area contributed by atoms with Crippen molar-refractivity contribution < 1.29 is 14.3 Å². The van der Waals surface area contributed by atoms with Crippen LogP contribution >= 0.6 is 0 Å². The first-order valence-electron chi connectivity index (χ1n) is 6.81. The number of benzene rings is 1. The van der Waals surface area contributed by atoms with E-state index in [0.29, 0.717) is 18.4 Å². The maximum Gasteiger partial charge on any atom is 0.319 e. The van der Waals surface area contributed by atoms with E-state index in [2.05, 4.69) is 0 Å². The summed E-state index contributed by atoms with van der Waals surface area (Å²) in [6, 6.07) is 7.45. The van der Waals surface area contributed by atoms with Crippen LogP contribution in [0.4, 0.5) is 0 Å². The van der Waals surface area contributed by atoms with Gasteiger partial charge in [0.2, 0.25) is 0 Å². The largest absolute Gasteiger partial charge is 0.468 e. The van der Waals surface area contributed by atoms with Gasteiger partial charge < -0.3 is 4.74 Å². The zero-order chi connectivity index (χ0) is 13.9. The fourth-order valence-electron chi connectivity index (χ4n) is 2.96. The van der Waals surface area contributed by atoms with Gasteiger partial charge in [0.05, 0.1) is 7.11 Å². The van der Waals surface area contributed by atoms with Crippen LogP contribution in [-0.4, -0.2) is 18.9 Å². The van der Waals surface area contributed by atoms with Gasteiger partial charge in [0, 0.05) is 5.56 Å². The minimum atomic E-state index is -0.959. The fourth-order valence-corrected chi connectivity index (χ4v) is 2.96. The molecule has 0 N–H and O–H groups in total. The maximum absolute atomic E-state index is 12.8. The first-order chi connectivity index (χ1) is 9.12. The lowest BCUT2D eigenvalue weighted by Crippen LogP contribution is -2.42. The minimum Gasteiger partial charge on any atom is -0.468 e. The zero-order valence-corrected chi connectivity index (χ0v) is 11.6. The second-order valence-corrected chi connectivity index (χ2v) is 5.28. The standard InChI is InChI=1S/C16H20O3/c1-12-8-4-5-9-13(12)14(17)16(15(18)19-2)10-6-3-7-11-16/h4-5,8-9H,3,6-7,10-11H2,1-2H3. The third kappa shape index (κ3) is 2.42. The molecule has 0 aromatic heterocycles. The van der Waals surface area contributed by atoms with Gasteiger partial charge in [-0.1, -0.05) is 43.5 Å². The Labute approximate surface area is 114 Å². The molecule has 2 rings (SSSR count). The molecule has 0 aliphatic heterocycles. The van der Waals surface area contributed by atoms with E-state index in [-0.39, 0.29) is 11.8 Å². The number of hydrogen-bond donors (Lipinski definition) is 0. The Morgan fingerprint density at radius 1 is 1.11 bits per heavy atom. The molecule has 1 aromatic rings. The summed E-state index contributed by atoms with van der Waals surface area (Å²) >= 11 is 0. The second kappa shape index (κ2) is 5.55. The van der Waals surface area contributed by atoms with E-state index < -0.39 is 5.41 Å². The van der Waals surface area contributed by atoms with Crippen molar-refractivity contribution in [2.75, 3.05) is 7.11 Å². The number of aryl methyl sites for hydroxylation is 1. The van der Waals surface area contributed by atoms with Gasteiger partial charge in [-0.15, -0.1) is 0 Å². The molecule has 0 unspecified atom stereocenters. The van der Waals surface area contributed by atoms with Crippen LogP contribution in [0.25, 0.3) is 0 Å². The molecule has 1 saturated carbocycles. The molecule has 19 heavy (non-hydrogen) atoms. The number of Topliss-reactive ketones (excluding diaryl/α,β-unsaturated/α-hetero) is 1. The lowest BCUT2D eigenvalue weighted by atomic mass is 9.69. The van der Waals surface area contributed by atoms with E-state index in [4.69, 9.17) is 4.74 Å². The Kier molecular flexibility index (Phi) is 4.03. The number of carbonyl (C=O) groups excluding carboxylic acids is 2. The summed E-state index contributed by atoms with van der Waals surface area (Å²) in [4.78, 5) is 25.0. The Morgan fingerprint density at radius 2 is 1.74 bits per heavy atom. The molecule has 102 valence electrons. The first-order valence-corrected chi connectivity index (χ1v) is 6.81. The SMILES string of the molecule is COC(=O)C1(C(=O)c2ccccc2C)CCCCC1. The number of methoxy groups -OCH3 is 1. The zero-order valence-electron chi connectivity index (χ0n) is 11.6. The molecule has 0 saturated heterocycles. The molecule has 0 spiro atoms. The molecule has 0 bridgehead atoms. The Morgan fingerprint density at radius 3 is 2.32 bits per heavy atom. The third-order valence-electron chi connectivity index (χ3n) is 4.11. The van der Waals surface area contributed by atoms with Crippen LogP contribution in [0.15, 0.2) is 24.3 Å². The number of hydrogen-bond acceptors (Lipinski definition) is 3. The highest BCUT2D eigenvalue weighted by molar-refractivity contribution is 6.13. The van der Waals surface area contributed by atoms with Crippen molar-refractivity contribution >= 4 is 11.8 Å². The Bertz CT molecular complexity index is 485. The molecule has 1 fully saturated rings. The highest BCUT2D eigenvalue weighted by atomic mass is 16.5. The third-order valence-corrected chi connectivity index (χ3v) is 4.11. The molecule has 1 aliphatic rings. The summed E-state index contributed by atoms with van der Waals surface area (Å²) in [5.74, 6) is -0.447. The van der Waals surface area contributed by atoms with Crippen molar-refractivity contribution in [2.24, 2.45) is 5.41 Å². The van der Waals surface area contributed by atoms with Crippen LogP contribution in [-0.2, 0) is 9.53 Å². The topological polar surface area (TPSA) is 43.4 Å². The Balaban J connectivity index is 2.41. The Hall–Kier alpha value is -1.64. The fraction of sp³-hybridized carbons (Fsp3) is 0.500. The minimum absolute atomic E-state index is 0.0721. The van der Waals surface area contributed by atoms with Gasteiger partial charge in [-0.2, -0.15) is 0 Å². The van der Waals surface area contributed by atoms with Crippen molar-refractivity contribution in [1.82, 2.24) is 0 Å². The second-order valence-electron chi connectivity index (χ2n) is 5.28. The van der Waals surface area contributed by atoms with Gasteiger partial charge in [-0.05, 0) is 25.3 Å². The number of rotatable bonds is 3. The number of carbonyl (C=O) groups is 2. The van der Waals surface area contributed by atoms with Crippen molar-refractivity contribution in [1.29, 1.82) is 0 Å². The van der Waals surface area contributed by atoms with Gasteiger partial charge in [-0.25, -0.2) is 0 Å². The molecule has 1 aliphatic carbocycles. The number of ether oxygens (including phenoxy) is 1. The summed E-state index contributed by atoms with van der Waals surface area (Å²) in [5, 5.41) is 0. The molecule has 0 radical (unpaired) electrons. The lowest BCUT2D eigenvalue weighted by Gasteiger charge is -2.33. The average Bonchev–Trinajstić information content (AvgIpc) is 2.47. The van der Waals surface area contributed by atoms with Crippen molar-refractivity contribution in [3.8, 4) is 0 Å².